The molecule has 32 heavy (non-hydrogen) atoms. The first-order valence-electron chi connectivity index (χ1n) is 9.53. The summed E-state index contributed by atoms with van der Waals surface area (Å²) >= 11 is 6.01. The molecule has 0 aliphatic rings. The number of halogens is 1. The number of methoxy groups -OCH3 is 1. The molecule has 164 valence electrons. The molecule has 0 aliphatic carbocycles. The molecule has 0 saturated heterocycles. The van der Waals surface area contributed by atoms with Gasteiger partial charge in [-0.25, -0.2) is 4.98 Å². The van der Waals surface area contributed by atoms with E-state index in [-0.39, 0.29) is 23.2 Å². The van der Waals surface area contributed by atoms with Crippen LogP contribution in [0.15, 0.2) is 78.1 Å². The second-order valence-corrected chi connectivity index (χ2v) is 8.93. The lowest BCUT2D eigenvalue weighted by molar-refractivity contribution is 0.0951. The van der Waals surface area contributed by atoms with E-state index in [1.807, 2.05) is 6.07 Å². The molecule has 0 bridgehead atoms. The average Bonchev–Trinajstić information content (AvgIpc) is 3.22. The average molecular weight is 471 g/mol. The van der Waals surface area contributed by atoms with Crippen LogP contribution >= 0.6 is 11.6 Å². The van der Waals surface area contributed by atoms with Crippen LogP contribution in [-0.4, -0.2) is 30.8 Å². The third-order valence-electron chi connectivity index (χ3n) is 4.70. The van der Waals surface area contributed by atoms with Crippen LogP contribution in [0.1, 0.15) is 15.9 Å². The largest absolute Gasteiger partial charge is 0.495 e. The number of aromatic nitrogens is 2. The fourth-order valence-electron chi connectivity index (χ4n) is 3.14. The zero-order valence-corrected chi connectivity index (χ0v) is 18.5. The second-order valence-electron chi connectivity index (χ2n) is 6.86. The molecule has 1 amide bonds. The Bertz CT molecular complexity index is 1390. The van der Waals surface area contributed by atoms with Gasteiger partial charge in [-0.15, -0.1) is 0 Å². The van der Waals surface area contributed by atoms with Crippen molar-refractivity contribution in [3.63, 3.8) is 0 Å². The maximum Gasteiger partial charge on any atom is 0.279 e. The molecule has 4 aromatic rings. The van der Waals surface area contributed by atoms with E-state index in [1.165, 1.54) is 23.8 Å². The third-order valence-corrected chi connectivity index (χ3v) is 6.28. The molecule has 10 heteroatoms. The molecule has 2 aromatic carbocycles. The van der Waals surface area contributed by atoms with Crippen LogP contribution < -0.4 is 14.8 Å². The number of amides is 1. The molecular formula is C22H19ClN4O4S. The Kier molecular flexibility index (Phi) is 6.02. The van der Waals surface area contributed by atoms with Crippen LogP contribution in [0.25, 0.3) is 5.65 Å². The zero-order valence-electron chi connectivity index (χ0n) is 16.9. The van der Waals surface area contributed by atoms with Gasteiger partial charge in [0.05, 0.1) is 19.0 Å². The van der Waals surface area contributed by atoms with Gasteiger partial charge in [-0.05, 0) is 42.0 Å². The summed E-state index contributed by atoms with van der Waals surface area (Å²) in [4.78, 5) is 16.5. The molecule has 0 unspecified atom stereocenters. The zero-order chi connectivity index (χ0) is 22.7. The maximum atomic E-state index is 13.1. The number of ether oxygens (including phenoxy) is 1. The Morgan fingerprint density at radius 2 is 1.91 bits per heavy atom. The molecular weight excluding hydrogens is 452 g/mol. The van der Waals surface area contributed by atoms with Crippen molar-refractivity contribution in [2.45, 2.75) is 11.6 Å². The number of nitrogens with one attached hydrogen (secondary N) is 2. The summed E-state index contributed by atoms with van der Waals surface area (Å²) in [6.45, 7) is 0.219. The smallest absolute Gasteiger partial charge is 0.279 e. The number of sulfonamides is 1. The number of anilines is 1. The lowest BCUT2D eigenvalue weighted by atomic mass is 10.2. The highest BCUT2D eigenvalue weighted by Crippen LogP contribution is 2.30. The van der Waals surface area contributed by atoms with Crippen molar-refractivity contribution in [1.82, 2.24) is 14.7 Å². The number of hydrogen-bond acceptors (Lipinski definition) is 5. The van der Waals surface area contributed by atoms with Crippen molar-refractivity contribution in [1.29, 1.82) is 0 Å². The number of hydrogen-bond donors (Lipinski definition) is 2. The van der Waals surface area contributed by atoms with Crippen molar-refractivity contribution in [2.75, 3.05) is 11.8 Å². The summed E-state index contributed by atoms with van der Waals surface area (Å²) in [5.74, 6) is 0.106. The Hall–Kier alpha value is -3.56. The minimum atomic E-state index is -4.01. The van der Waals surface area contributed by atoms with E-state index in [2.05, 4.69) is 15.0 Å². The molecule has 0 spiro atoms. The van der Waals surface area contributed by atoms with Crippen molar-refractivity contribution >= 4 is 38.9 Å². The van der Waals surface area contributed by atoms with E-state index >= 15 is 0 Å². The summed E-state index contributed by atoms with van der Waals surface area (Å²) in [6, 6.07) is 16.9. The topological polar surface area (TPSA) is 102 Å². The molecule has 0 aliphatic heterocycles. The molecule has 4 rings (SSSR count). The van der Waals surface area contributed by atoms with Crippen LogP contribution in [0.4, 0.5) is 5.69 Å². The first kappa shape index (κ1) is 21.7. The fraction of sp³-hybridized carbons (Fsp3) is 0.0909. The summed E-state index contributed by atoms with van der Waals surface area (Å²) in [5.41, 5.74) is 1.90. The summed E-state index contributed by atoms with van der Waals surface area (Å²) in [7, 11) is -2.58. The monoisotopic (exact) mass is 470 g/mol. The van der Waals surface area contributed by atoms with Gasteiger partial charge in [0.2, 0.25) is 0 Å². The van der Waals surface area contributed by atoms with Crippen molar-refractivity contribution in [2.24, 2.45) is 0 Å². The van der Waals surface area contributed by atoms with Crippen LogP contribution in [0, 0.1) is 0 Å². The number of carbonyl (C=O) groups excluding carboxylic acids is 1. The summed E-state index contributed by atoms with van der Waals surface area (Å²) in [5, 5.41) is 3.12. The molecule has 8 nitrogen and oxygen atoms in total. The van der Waals surface area contributed by atoms with Gasteiger partial charge in [-0.3, -0.25) is 13.9 Å². The highest BCUT2D eigenvalue weighted by molar-refractivity contribution is 7.92. The van der Waals surface area contributed by atoms with Crippen LogP contribution in [-0.2, 0) is 16.6 Å². The van der Waals surface area contributed by atoms with E-state index in [0.29, 0.717) is 27.5 Å². The predicted molar refractivity (Wildman–Crippen MR) is 122 cm³/mol. The standard InChI is InChI=1S/C22H19ClN4O4S/c1-31-19-9-8-17(23)11-18(19)26-32(29,30)21-13-24-20-10-7-15(14-27(20)21)12-25-22(28)16-5-3-2-4-6-16/h2-11,13-14,26H,12H2,1H3,(H,25,28). The van der Waals surface area contributed by atoms with E-state index in [9.17, 15) is 13.2 Å². The SMILES string of the molecule is COc1ccc(Cl)cc1NS(=O)(=O)c1cnc2ccc(CNC(=O)c3ccccc3)cn12. The van der Waals surface area contributed by atoms with Crippen molar-refractivity contribution in [3.8, 4) is 5.75 Å². The number of carbonyl (C=O) groups is 1. The van der Waals surface area contributed by atoms with E-state index in [1.54, 1.807) is 54.7 Å². The maximum absolute atomic E-state index is 13.1. The van der Waals surface area contributed by atoms with Crippen LogP contribution in [0.2, 0.25) is 5.02 Å². The van der Waals surface area contributed by atoms with E-state index in [4.69, 9.17) is 16.3 Å². The molecule has 0 saturated carbocycles. The number of fused-ring (bicyclic) bond motifs is 1. The number of nitrogens with zero attached hydrogens (tertiary/aromatic N) is 2. The Morgan fingerprint density at radius 3 is 2.66 bits per heavy atom. The Morgan fingerprint density at radius 1 is 1.12 bits per heavy atom. The normalized spacial score (nSPS) is 11.3. The van der Waals surface area contributed by atoms with Gasteiger partial charge in [0.15, 0.2) is 5.03 Å². The predicted octanol–water partition coefficient (Wildman–Crippen LogP) is 3.73. The van der Waals surface area contributed by atoms with Crippen molar-refractivity contribution < 1.29 is 17.9 Å². The minimum absolute atomic E-state index is 0.0641. The van der Waals surface area contributed by atoms with Crippen LogP contribution in [0.5, 0.6) is 5.75 Å². The minimum Gasteiger partial charge on any atom is -0.495 e. The number of rotatable bonds is 7. The lowest BCUT2D eigenvalue weighted by Gasteiger charge is -2.12. The number of imidazole rings is 1. The first-order valence-corrected chi connectivity index (χ1v) is 11.4. The molecule has 2 heterocycles. The molecule has 0 radical (unpaired) electrons. The molecule has 0 fully saturated rings. The van der Waals surface area contributed by atoms with E-state index < -0.39 is 10.0 Å². The number of pyridine rings is 1. The van der Waals surface area contributed by atoms with Gasteiger partial charge in [-0.1, -0.05) is 35.9 Å². The number of benzene rings is 2. The molecule has 0 atom stereocenters. The lowest BCUT2D eigenvalue weighted by Crippen LogP contribution is -2.23. The summed E-state index contributed by atoms with van der Waals surface area (Å²) in [6.07, 6.45) is 2.89. The van der Waals surface area contributed by atoms with Gasteiger partial charge in [-0.2, -0.15) is 8.42 Å². The molecule has 2 N–H and O–H groups in total. The Balaban J connectivity index is 1.60. The van der Waals surface area contributed by atoms with Crippen LogP contribution in [0.3, 0.4) is 0 Å². The van der Waals surface area contributed by atoms with Gasteiger partial charge in [0.1, 0.15) is 11.4 Å². The summed E-state index contributed by atoms with van der Waals surface area (Å²) < 4.78 is 35.3. The van der Waals surface area contributed by atoms with Crippen molar-refractivity contribution in [3.05, 3.63) is 89.2 Å². The highest BCUT2D eigenvalue weighted by Gasteiger charge is 2.21. The highest BCUT2D eigenvalue weighted by atomic mass is 35.5. The quantitative estimate of drug-likeness (QED) is 0.428. The molecule has 2 aromatic heterocycles. The van der Waals surface area contributed by atoms with Gasteiger partial charge in [0.25, 0.3) is 15.9 Å². The second kappa shape index (κ2) is 8.89. The van der Waals surface area contributed by atoms with Gasteiger partial charge < -0.3 is 10.1 Å². The first-order chi connectivity index (χ1) is 15.4. The van der Waals surface area contributed by atoms with Gasteiger partial charge >= 0.3 is 0 Å². The van der Waals surface area contributed by atoms with Gasteiger partial charge in [0, 0.05) is 23.3 Å². The fourth-order valence-corrected chi connectivity index (χ4v) is 4.46. The Labute approximate surface area is 189 Å². The third kappa shape index (κ3) is 4.53. The van der Waals surface area contributed by atoms with E-state index in [0.717, 1.165) is 0 Å².